The van der Waals surface area contributed by atoms with Crippen molar-refractivity contribution in [3.05, 3.63) is 77.1 Å². The van der Waals surface area contributed by atoms with Crippen LogP contribution in [0.15, 0.2) is 60.8 Å². The van der Waals surface area contributed by atoms with Crippen molar-refractivity contribution in [3.8, 4) is 11.4 Å². The summed E-state index contributed by atoms with van der Waals surface area (Å²) < 4.78 is 5.38. The fraction of sp³-hybridized carbons (Fsp3) is 0.208. The molecule has 1 amide bonds. The molecule has 1 aliphatic rings. The molecule has 1 fully saturated rings. The lowest BCUT2D eigenvalue weighted by Gasteiger charge is -2.26. The van der Waals surface area contributed by atoms with Crippen LogP contribution in [-0.4, -0.2) is 52.1 Å². The summed E-state index contributed by atoms with van der Waals surface area (Å²) in [4.78, 5) is 27.7. The molecule has 0 aliphatic carbocycles. The van der Waals surface area contributed by atoms with E-state index in [-0.39, 0.29) is 5.91 Å². The normalized spacial score (nSPS) is 14.5. The molecule has 2 N–H and O–H groups in total. The molecule has 8 heteroatoms. The maximum absolute atomic E-state index is 13.0. The van der Waals surface area contributed by atoms with Crippen LogP contribution in [0.1, 0.15) is 16.1 Å². The second-order valence-electron chi connectivity index (χ2n) is 7.67. The van der Waals surface area contributed by atoms with E-state index in [1.54, 1.807) is 12.3 Å². The fourth-order valence-electron chi connectivity index (χ4n) is 3.74. The number of halogens is 1. The molecule has 1 aliphatic heterocycles. The highest BCUT2D eigenvalue weighted by atomic mass is 35.5. The van der Waals surface area contributed by atoms with Crippen molar-refractivity contribution in [2.24, 2.45) is 0 Å². The minimum Gasteiger partial charge on any atom is -0.379 e. The predicted molar refractivity (Wildman–Crippen MR) is 125 cm³/mol. The lowest BCUT2D eigenvalue weighted by Crippen LogP contribution is -2.35. The van der Waals surface area contributed by atoms with Gasteiger partial charge in [0.2, 0.25) is 0 Å². The van der Waals surface area contributed by atoms with Gasteiger partial charge in [0.05, 0.1) is 41.9 Å². The first-order valence-electron chi connectivity index (χ1n) is 10.5. The van der Waals surface area contributed by atoms with E-state index in [1.165, 1.54) is 0 Å². The van der Waals surface area contributed by atoms with Crippen molar-refractivity contribution >= 4 is 34.2 Å². The number of hydrogen-bond acceptors (Lipinski definition) is 5. The topological polar surface area (TPSA) is 83.1 Å². The number of ether oxygens (including phenoxy) is 1. The number of pyridine rings is 1. The van der Waals surface area contributed by atoms with E-state index in [0.29, 0.717) is 27.6 Å². The van der Waals surface area contributed by atoms with Gasteiger partial charge < -0.3 is 15.0 Å². The molecule has 0 atom stereocenters. The van der Waals surface area contributed by atoms with Crippen molar-refractivity contribution in [1.82, 2.24) is 19.9 Å². The quantitative estimate of drug-likeness (QED) is 0.475. The summed E-state index contributed by atoms with van der Waals surface area (Å²) >= 11 is 5.98. The van der Waals surface area contributed by atoms with Crippen LogP contribution in [0.2, 0.25) is 5.02 Å². The van der Waals surface area contributed by atoms with Crippen LogP contribution in [0.3, 0.4) is 0 Å². The van der Waals surface area contributed by atoms with Gasteiger partial charge in [-0.05, 0) is 48.5 Å². The van der Waals surface area contributed by atoms with Crippen LogP contribution in [0.5, 0.6) is 0 Å². The first-order valence-corrected chi connectivity index (χ1v) is 10.8. The monoisotopic (exact) mass is 447 g/mol. The Hall–Kier alpha value is -3.26. The number of anilines is 1. The van der Waals surface area contributed by atoms with Gasteiger partial charge in [-0.1, -0.05) is 17.7 Å². The van der Waals surface area contributed by atoms with E-state index < -0.39 is 0 Å². The van der Waals surface area contributed by atoms with Crippen LogP contribution in [0, 0.1) is 0 Å². The Kier molecular flexibility index (Phi) is 5.85. The van der Waals surface area contributed by atoms with Gasteiger partial charge in [-0.2, -0.15) is 0 Å². The zero-order chi connectivity index (χ0) is 21.9. The molecule has 2 aromatic carbocycles. The van der Waals surface area contributed by atoms with Crippen LogP contribution in [0.4, 0.5) is 5.69 Å². The average molecular weight is 448 g/mol. The number of carbonyl (C=O) groups is 1. The van der Waals surface area contributed by atoms with E-state index in [9.17, 15) is 4.79 Å². The number of imidazole rings is 1. The first-order chi connectivity index (χ1) is 15.7. The van der Waals surface area contributed by atoms with Crippen LogP contribution in [0.25, 0.3) is 22.4 Å². The number of morpholine rings is 1. The third-order valence-corrected chi connectivity index (χ3v) is 5.70. The molecule has 4 aromatic rings. The van der Waals surface area contributed by atoms with Crippen LogP contribution in [-0.2, 0) is 11.3 Å². The molecule has 0 bridgehead atoms. The van der Waals surface area contributed by atoms with Gasteiger partial charge in [0.15, 0.2) is 0 Å². The third kappa shape index (κ3) is 4.50. The smallest absolute Gasteiger partial charge is 0.257 e. The van der Waals surface area contributed by atoms with Crippen molar-refractivity contribution in [2.75, 3.05) is 31.6 Å². The first kappa shape index (κ1) is 20.6. The molecule has 0 unspecified atom stereocenters. The summed E-state index contributed by atoms with van der Waals surface area (Å²) in [6.45, 7) is 4.11. The van der Waals surface area contributed by atoms with Crippen molar-refractivity contribution in [3.63, 3.8) is 0 Å². The summed E-state index contributed by atoms with van der Waals surface area (Å²) in [6, 6.07) is 16.7. The maximum Gasteiger partial charge on any atom is 0.257 e. The Labute approximate surface area is 190 Å². The number of nitrogens with zero attached hydrogens (tertiary/aromatic N) is 3. The molecule has 32 heavy (non-hydrogen) atoms. The lowest BCUT2D eigenvalue weighted by atomic mass is 10.1. The number of aromatic nitrogens is 3. The Balaban J connectivity index is 1.32. The molecule has 5 rings (SSSR count). The zero-order valence-electron chi connectivity index (χ0n) is 17.3. The molecule has 3 heterocycles. The largest absolute Gasteiger partial charge is 0.379 e. The summed E-state index contributed by atoms with van der Waals surface area (Å²) in [6.07, 6.45) is 1.69. The minimum absolute atomic E-state index is 0.229. The van der Waals surface area contributed by atoms with E-state index in [2.05, 4.69) is 25.2 Å². The molecule has 0 spiro atoms. The van der Waals surface area contributed by atoms with E-state index in [4.69, 9.17) is 16.3 Å². The Morgan fingerprint density at radius 1 is 1.09 bits per heavy atom. The molecule has 0 saturated carbocycles. The highest BCUT2D eigenvalue weighted by Gasteiger charge is 2.16. The third-order valence-electron chi connectivity index (χ3n) is 5.45. The Bertz CT molecular complexity index is 1230. The van der Waals surface area contributed by atoms with Crippen LogP contribution >= 0.6 is 11.6 Å². The second kappa shape index (κ2) is 9.08. The summed E-state index contributed by atoms with van der Waals surface area (Å²) in [5.41, 5.74) is 4.42. The number of benzene rings is 2. The molecular formula is C24H22ClN5O2. The number of amides is 1. The summed E-state index contributed by atoms with van der Waals surface area (Å²) in [5.74, 6) is 0.457. The lowest BCUT2D eigenvalue weighted by molar-refractivity contribution is 0.0336. The molecule has 7 nitrogen and oxygen atoms in total. The standard InChI is InChI=1S/C24H22ClN5O2/c25-17-6-4-16(5-7-17)23-28-21-3-1-2-20(22(21)29-23)24(31)27-18-8-9-19(26-14-18)15-30-10-12-32-13-11-30/h1-9,14H,10-13,15H2,(H,27,31)(H,28,29). The van der Waals surface area contributed by atoms with E-state index in [0.717, 1.165) is 49.6 Å². The minimum atomic E-state index is -0.229. The summed E-state index contributed by atoms with van der Waals surface area (Å²) in [7, 11) is 0. The molecular weight excluding hydrogens is 426 g/mol. The average Bonchev–Trinajstić information content (AvgIpc) is 3.26. The van der Waals surface area contributed by atoms with Crippen molar-refractivity contribution < 1.29 is 9.53 Å². The van der Waals surface area contributed by atoms with Crippen molar-refractivity contribution in [1.29, 1.82) is 0 Å². The number of rotatable bonds is 5. The van der Waals surface area contributed by atoms with Gasteiger partial charge in [0, 0.05) is 30.2 Å². The SMILES string of the molecule is O=C(Nc1ccc(CN2CCOCC2)nc1)c1cccc2[nH]c(-c3ccc(Cl)cc3)nc12. The molecule has 2 aromatic heterocycles. The van der Waals surface area contributed by atoms with E-state index >= 15 is 0 Å². The number of hydrogen-bond donors (Lipinski definition) is 2. The highest BCUT2D eigenvalue weighted by molar-refractivity contribution is 6.30. The predicted octanol–water partition coefficient (Wildman–Crippen LogP) is 4.36. The van der Waals surface area contributed by atoms with Gasteiger partial charge in [-0.25, -0.2) is 4.98 Å². The number of carbonyl (C=O) groups excluding carboxylic acids is 1. The number of aromatic amines is 1. The van der Waals surface area contributed by atoms with E-state index in [1.807, 2.05) is 48.5 Å². The number of fused-ring (bicyclic) bond motifs is 1. The zero-order valence-corrected chi connectivity index (χ0v) is 18.1. The van der Waals surface area contributed by atoms with Crippen LogP contribution < -0.4 is 5.32 Å². The number of H-pyrrole nitrogens is 1. The van der Waals surface area contributed by atoms with Gasteiger partial charge >= 0.3 is 0 Å². The summed E-state index contributed by atoms with van der Waals surface area (Å²) in [5, 5.41) is 3.59. The fourth-order valence-corrected chi connectivity index (χ4v) is 3.86. The second-order valence-corrected chi connectivity index (χ2v) is 8.11. The van der Waals surface area contributed by atoms with Gasteiger partial charge in [0.25, 0.3) is 5.91 Å². The number of para-hydroxylation sites is 1. The van der Waals surface area contributed by atoms with Crippen molar-refractivity contribution in [2.45, 2.75) is 6.54 Å². The molecule has 162 valence electrons. The maximum atomic E-state index is 13.0. The molecule has 0 radical (unpaired) electrons. The Morgan fingerprint density at radius 2 is 1.91 bits per heavy atom. The van der Waals surface area contributed by atoms with Gasteiger partial charge in [-0.3, -0.25) is 14.7 Å². The highest BCUT2D eigenvalue weighted by Crippen LogP contribution is 2.24. The molecule has 1 saturated heterocycles. The van der Waals surface area contributed by atoms with Gasteiger partial charge in [-0.15, -0.1) is 0 Å². The Morgan fingerprint density at radius 3 is 2.66 bits per heavy atom. The van der Waals surface area contributed by atoms with Gasteiger partial charge in [0.1, 0.15) is 11.3 Å². The number of nitrogens with one attached hydrogen (secondary N) is 2.